The number of hydrogen-bond acceptors (Lipinski definition) is 3. The van der Waals surface area contributed by atoms with Crippen molar-refractivity contribution in [1.82, 2.24) is 19.6 Å². The van der Waals surface area contributed by atoms with Gasteiger partial charge in [0.2, 0.25) is 0 Å². The SMILES string of the molecule is O=C(Nn1c2ccc1c(-c1ccccc1)c1nc(c(-c3ccccc3)c3ccc([nH]3)c(-c3ccccc3)c3nc(c2-c2ccccc2)C=C3)C=C1)c1ccccc1Cl. The zero-order valence-corrected chi connectivity index (χ0v) is 31.9. The largest absolute Gasteiger partial charge is 0.354 e. The van der Waals surface area contributed by atoms with E-state index in [1.807, 2.05) is 102 Å². The van der Waals surface area contributed by atoms with Crippen molar-refractivity contribution in [1.29, 1.82) is 0 Å². The average Bonchev–Trinajstić information content (AvgIpc) is 4.11. The summed E-state index contributed by atoms with van der Waals surface area (Å²) in [5.74, 6) is -0.355. The highest BCUT2D eigenvalue weighted by Crippen LogP contribution is 2.39. The minimum absolute atomic E-state index is 0.355. The Labute approximate surface area is 340 Å². The van der Waals surface area contributed by atoms with Crippen LogP contribution in [0, 0.1) is 0 Å². The highest BCUT2D eigenvalue weighted by molar-refractivity contribution is 6.34. The van der Waals surface area contributed by atoms with Gasteiger partial charge in [0.05, 0.1) is 44.4 Å². The molecule has 0 spiro atoms. The summed E-state index contributed by atoms with van der Waals surface area (Å²) in [6, 6.07) is 56.4. The number of rotatable bonds is 6. The maximum Gasteiger partial charge on any atom is 0.271 e. The zero-order chi connectivity index (χ0) is 39.0. The number of aromatic amines is 1. The van der Waals surface area contributed by atoms with Crippen LogP contribution in [-0.2, 0) is 0 Å². The summed E-state index contributed by atoms with van der Waals surface area (Å²) in [4.78, 5) is 29.0. The first-order valence-corrected chi connectivity index (χ1v) is 19.4. The Morgan fingerprint density at radius 1 is 0.448 bits per heavy atom. The van der Waals surface area contributed by atoms with Gasteiger partial charge in [-0.1, -0.05) is 145 Å². The predicted molar refractivity (Wildman–Crippen MR) is 239 cm³/mol. The molecule has 0 unspecified atom stereocenters. The first-order chi connectivity index (χ1) is 28.6. The van der Waals surface area contributed by atoms with E-state index in [4.69, 9.17) is 21.6 Å². The summed E-state index contributed by atoms with van der Waals surface area (Å²) >= 11 is 6.64. The second-order valence-corrected chi connectivity index (χ2v) is 14.4. The smallest absolute Gasteiger partial charge is 0.271 e. The molecule has 7 heteroatoms. The molecule has 5 aromatic carbocycles. The van der Waals surface area contributed by atoms with Gasteiger partial charge in [-0.2, -0.15) is 0 Å². The Balaban J connectivity index is 1.42. The van der Waals surface area contributed by atoms with Crippen LogP contribution in [0.3, 0.4) is 0 Å². The van der Waals surface area contributed by atoms with Crippen LogP contribution in [0.4, 0.5) is 0 Å². The number of nitrogens with zero attached hydrogens (tertiary/aromatic N) is 3. The third kappa shape index (κ3) is 6.32. The van der Waals surface area contributed by atoms with Crippen molar-refractivity contribution in [2.24, 2.45) is 0 Å². The van der Waals surface area contributed by atoms with E-state index in [1.165, 1.54) is 0 Å². The molecule has 0 atom stereocenters. The van der Waals surface area contributed by atoms with Crippen molar-refractivity contribution in [2.45, 2.75) is 0 Å². The molecular weight excluding hydrogens is 734 g/mol. The zero-order valence-electron chi connectivity index (χ0n) is 31.1. The van der Waals surface area contributed by atoms with Crippen LogP contribution in [0.1, 0.15) is 33.1 Å². The van der Waals surface area contributed by atoms with Gasteiger partial charge in [-0.3, -0.25) is 14.9 Å². The summed E-state index contributed by atoms with van der Waals surface area (Å²) in [7, 11) is 0. The van der Waals surface area contributed by atoms with Crippen LogP contribution in [-0.4, -0.2) is 25.5 Å². The van der Waals surface area contributed by atoms with Gasteiger partial charge in [0.25, 0.3) is 5.91 Å². The normalized spacial score (nSPS) is 11.8. The fourth-order valence-electron chi connectivity index (χ4n) is 7.88. The number of carbonyl (C=O) groups excluding carboxylic acids is 1. The number of H-pyrrole nitrogens is 1. The first kappa shape index (κ1) is 34.9. The fraction of sp³-hybridized carbons (Fsp3) is 0. The first-order valence-electron chi connectivity index (χ1n) is 19.1. The molecule has 0 saturated carbocycles. The van der Waals surface area contributed by atoms with Gasteiger partial charge < -0.3 is 4.98 Å². The van der Waals surface area contributed by atoms with Crippen molar-refractivity contribution < 1.29 is 4.79 Å². The van der Waals surface area contributed by atoms with Crippen LogP contribution in [0.25, 0.3) is 90.9 Å². The Kier molecular flexibility index (Phi) is 8.94. The molecule has 2 N–H and O–H groups in total. The van der Waals surface area contributed by atoms with Gasteiger partial charge in [-0.05, 0) is 83.0 Å². The third-order valence-electron chi connectivity index (χ3n) is 10.5. The maximum atomic E-state index is 14.4. The number of benzene rings is 5. The number of nitrogens with one attached hydrogen (secondary N) is 2. The number of fused-ring (bicyclic) bond motifs is 8. The lowest BCUT2D eigenvalue weighted by molar-refractivity contribution is 0.101. The molecule has 276 valence electrons. The lowest BCUT2D eigenvalue weighted by Crippen LogP contribution is -2.23. The molecular formula is C51H34ClN5O. The van der Waals surface area contributed by atoms with Crippen LogP contribution >= 0.6 is 11.6 Å². The number of carbonyl (C=O) groups is 1. The molecule has 3 aromatic heterocycles. The number of hydrogen-bond donors (Lipinski definition) is 2. The Hall–Kier alpha value is -7.54. The molecule has 10 rings (SSSR count). The van der Waals surface area contributed by atoms with Crippen molar-refractivity contribution in [3.05, 3.63) is 203 Å². The van der Waals surface area contributed by atoms with Gasteiger partial charge in [-0.25, -0.2) is 9.97 Å². The Bertz CT molecular complexity index is 2920. The second kappa shape index (κ2) is 14.8. The van der Waals surface area contributed by atoms with E-state index in [2.05, 4.69) is 95.4 Å². The lowest BCUT2D eigenvalue weighted by Gasteiger charge is -2.15. The summed E-state index contributed by atoms with van der Waals surface area (Å²) < 4.78 is 1.87. The quantitative estimate of drug-likeness (QED) is 0.177. The second-order valence-electron chi connectivity index (χ2n) is 14.0. The predicted octanol–water partition coefficient (Wildman–Crippen LogP) is 12.8. The average molecular weight is 768 g/mol. The lowest BCUT2D eigenvalue weighted by atomic mass is 10.0. The van der Waals surface area contributed by atoms with Gasteiger partial charge in [0.15, 0.2) is 0 Å². The van der Waals surface area contributed by atoms with E-state index >= 15 is 0 Å². The summed E-state index contributed by atoms with van der Waals surface area (Å²) in [6.45, 7) is 0. The Morgan fingerprint density at radius 3 is 1.22 bits per heavy atom. The summed E-state index contributed by atoms with van der Waals surface area (Å²) in [5.41, 5.74) is 17.6. The van der Waals surface area contributed by atoms with Gasteiger partial charge >= 0.3 is 0 Å². The van der Waals surface area contributed by atoms with Crippen molar-refractivity contribution in [3.8, 4) is 44.5 Å². The number of amides is 1. The number of halogens is 1. The molecule has 0 aliphatic carbocycles. The van der Waals surface area contributed by atoms with Crippen LogP contribution in [0.2, 0.25) is 5.02 Å². The monoisotopic (exact) mass is 767 g/mol. The van der Waals surface area contributed by atoms with Crippen LogP contribution < -0.4 is 5.43 Å². The Morgan fingerprint density at radius 2 is 0.810 bits per heavy atom. The molecule has 6 nitrogen and oxygen atoms in total. The van der Waals surface area contributed by atoms with E-state index in [-0.39, 0.29) is 5.91 Å². The standard InChI is InChI=1S/C51H34ClN5O/c52-38-24-14-13-23-37(38)51(58)56-57-45-31-32-46(57)50(36-21-11-4-12-22-36)44-30-28-42(55-44)48(34-17-7-2-8-18-34)40-26-25-39(53-40)47(33-15-5-1-6-16-33)41-27-29-43(54-41)49(45)35-19-9-3-10-20-35/h1-32,53H,(H,56,58). The van der Waals surface area contributed by atoms with E-state index in [1.54, 1.807) is 12.1 Å². The maximum absolute atomic E-state index is 14.4. The van der Waals surface area contributed by atoms with E-state index in [9.17, 15) is 4.79 Å². The topological polar surface area (TPSA) is 75.6 Å². The molecule has 0 saturated heterocycles. The van der Waals surface area contributed by atoms with Crippen molar-refractivity contribution in [3.63, 3.8) is 0 Å². The highest BCUT2D eigenvalue weighted by Gasteiger charge is 2.22. The molecule has 0 radical (unpaired) electrons. The number of aromatic nitrogens is 4. The van der Waals surface area contributed by atoms with E-state index < -0.39 is 0 Å². The van der Waals surface area contributed by atoms with E-state index in [0.29, 0.717) is 10.6 Å². The minimum atomic E-state index is -0.355. The third-order valence-corrected chi connectivity index (χ3v) is 10.8. The van der Waals surface area contributed by atoms with Gasteiger partial charge in [0.1, 0.15) is 0 Å². The molecule has 2 aliphatic rings. The molecule has 1 amide bonds. The molecule has 8 aromatic rings. The fourth-order valence-corrected chi connectivity index (χ4v) is 8.10. The minimum Gasteiger partial charge on any atom is -0.354 e. The van der Waals surface area contributed by atoms with E-state index in [0.717, 1.165) is 89.4 Å². The highest BCUT2D eigenvalue weighted by atomic mass is 35.5. The summed E-state index contributed by atoms with van der Waals surface area (Å²) in [5, 5.41) is 0.355. The van der Waals surface area contributed by atoms with Crippen LogP contribution in [0.15, 0.2) is 170 Å². The molecule has 8 bridgehead atoms. The molecule has 2 aliphatic heterocycles. The van der Waals surface area contributed by atoms with Crippen LogP contribution in [0.5, 0.6) is 0 Å². The van der Waals surface area contributed by atoms with Crippen molar-refractivity contribution >= 4 is 63.9 Å². The summed E-state index contributed by atoms with van der Waals surface area (Å²) in [6.07, 6.45) is 8.26. The van der Waals surface area contributed by atoms with Crippen molar-refractivity contribution in [2.75, 3.05) is 5.43 Å². The molecule has 58 heavy (non-hydrogen) atoms. The molecule has 5 heterocycles. The molecule has 0 fully saturated rings. The van der Waals surface area contributed by atoms with Gasteiger partial charge in [0, 0.05) is 33.3 Å². The van der Waals surface area contributed by atoms with Gasteiger partial charge in [-0.15, -0.1) is 0 Å².